The molecule has 4 aliphatic carbocycles. The van der Waals surface area contributed by atoms with E-state index in [0.29, 0.717) is 25.7 Å². The smallest absolute Gasteiger partial charge is 0.190 e. The normalized spacial score (nSPS) is 40.2. The van der Waals surface area contributed by atoms with Gasteiger partial charge in [-0.15, -0.1) is 0 Å². The summed E-state index contributed by atoms with van der Waals surface area (Å²) in [5.41, 5.74) is -1.55. The Bertz CT molecular complexity index is 910. The van der Waals surface area contributed by atoms with Crippen molar-refractivity contribution in [2.45, 2.75) is 64.4 Å². The first kappa shape index (κ1) is 23.1. The van der Waals surface area contributed by atoms with Crippen LogP contribution in [0.5, 0.6) is 0 Å². The second kappa shape index (κ2) is 8.35. The summed E-state index contributed by atoms with van der Waals surface area (Å²) in [6.45, 7) is 3.31. The molecule has 172 valence electrons. The molecule has 4 aliphatic rings. The van der Waals surface area contributed by atoms with E-state index in [1.165, 1.54) is 0 Å². The van der Waals surface area contributed by atoms with Gasteiger partial charge in [-0.2, -0.15) is 0 Å². The van der Waals surface area contributed by atoms with Gasteiger partial charge in [0, 0.05) is 24.2 Å². The molecule has 0 unspecified atom stereocenters. The SMILES string of the molecule is C[C@]12CCC(=O)C=C1CC[C@@H]1[C@@H]2C(=O)C[C@@]2(C)[C@H]1CC[C@]2(O)C(=O)CO.c1ccccc1. The van der Waals surface area contributed by atoms with Gasteiger partial charge >= 0.3 is 0 Å². The van der Waals surface area contributed by atoms with Crippen molar-refractivity contribution < 1.29 is 24.6 Å². The largest absolute Gasteiger partial charge is 0.388 e. The van der Waals surface area contributed by atoms with Crippen LogP contribution in [0.3, 0.4) is 0 Å². The molecule has 1 aromatic carbocycles. The van der Waals surface area contributed by atoms with Crippen LogP contribution in [0, 0.1) is 28.6 Å². The first-order chi connectivity index (χ1) is 15.2. The van der Waals surface area contributed by atoms with Gasteiger partial charge < -0.3 is 10.2 Å². The number of allylic oxidation sites excluding steroid dienone is 1. The van der Waals surface area contributed by atoms with Crippen LogP contribution in [0.1, 0.15) is 58.8 Å². The topological polar surface area (TPSA) is 91.7 Å². The summed E-state index contributed by atoms with van der Waals surface area (Å²) in [5, 5.41) is 20.5. The minimum atomic E-state index is -1.60. The Balaban J connectivity index is 0.000000354. The number of carbonyl (C=O) groups is 3. The van der Waals surface area contributed by atoms with Crippen LogP contribution in [-0.2, 0) is 14.4 Å². The van der Waals surface area contributed by atoms with E-state index in [4.69, 9.17) is 0 Å². The molecule has 3 saturated carbocycles. The van der Waals surface area contributed by atoms with E-state index in [-0.39, 0.29) is 41.2 Å². The van der Waals surface area contributed by atoms with E-state index < -0.39 is 23.4 Å². The van der Waals surface area contributed by atoms with Gasteiger partial charge in [0.05, 0.1) is 0 Å². The molecule has 0 heterocycles. The van der Waals surface area contributed by atoms with Gasteiger partial charge in [-0.3, -0.25) is 14.4 Å². The summed E-state index contributed by atoms with van der Waals surface area (Å²) in [6, 6.07) is 12.0. The third-order valence-electron chi connectivity index (χ3n) is 9.08. The zero-order valence-electron chi connectivity index (χ0n) is 19.0. The van der Waals surface area contributed by atoms with Crippen molar-refractivity contribution in [1.29, 1.82) is 0 Å². The predicted molar refractivity (Wildman–Crippen MR) is 121 cm³/mol. The van der Waals surface area contributed by atoms with Gasteiger partial charge in [0.25, 0.3) is 0 Å². The minimum Gasteiger partial charge on any atom is -0.388 e. The Hall–Kier alpha value is -2.11. The van der Waals surface area contributed by atoms with E-state index in [0.717, 1.165) is 18.4 Å². The Morgan fingerprint density at radius 1 is 1.00 bits per heavy atom. The Labute approximate surface area is 189 Å². The number of aliphatic hydroxyl groups excluding tert-OH is 1. The summed E-state index contributed by atoms with van der Waals surface area (Å²) in [6.07, 6.45) is 5.83. The van der Waals surface area contributed by atoms with Crippen LogP contribution >= 0.6 is 0 Å². The number of hydrogen-bond acceptors (Lipinski definition) is 5. The highest BCUT2D eigenvalue weighted by atomic mass is 16.3. The molecule has 0 amide bonds. The van der Waals surface area contributed by atoms with Crippen LogP contribution in [0.4, 0.5) is 0 Å². The number of carbonyl (C=O) groups excluding carboxylic acids is 3. The lowest BCUT2D eigenvalue weighted by atomic mass is 9.46. The molecule has 0 spiro atoms. The maximum Gasteiger partial charge on any atom is 0.190 e. The van der Waals surface area contributed by atoms with Crippen LogP contribution in [0.15, 0.2) is 48.0 Å². The fraction of sp³-hybridized carbons (Fsp3) is 0.593. The number of ketones is 3. The van der Waals surface area contributed by atoms with Gasteiger partial charge in [0.1, 0.15) is 18.0 Å². The lowest BCUT2D eigenvalue weighted by molar-refractivity contribution is -0.170. The molecule has 0 aromatic heterocycles. The standard InChI is InChI=1S/C21H28O5.C6H6/c1-19-7-5-13(23)9-12(19)3-4-14-15-6-8-21(26,17(25)11-22)20(15,2)10-16(24)18(14)19;1-2-4-6-5-3-1/h9,14-15,18,22,26H,3-8,10-11H2,1-2H3;1-6H/t14-,15-,18+,19-,20-,21-;/m0./s1. The lowest BCUT2D eigenvalue weighted by Gasteiger charge is -2.57. The van der Waals surface area contributed by atoms with E-state index in [1.54, 1.807) is 6.08 Å². The molecule has 0 saturated heterocycles. The van der Waals surface area contributed by atoms with Crippen LogP contribution in [-0.4, -0.2) is 39.8 Å². The fourth-order valence-electron chi connectivity index (χ4n) is 7.36. The summed E-state index contributed by atoms with van der Waals surface area (Å²) in [5.74, 6) is -0.172. The van der Waals surface area contributed by atoms with Crippen molar-refractivity contribution in [3.05, 3.63) is 48.0 Å². The molecule has 0 radical (unpaired) electrons. The van der Waals surface area contributed by atoms with Crippen LogP contribution in [0.2, 0.25) is 0 Å². The zero-order chi connectivity index (χ0) is 23.1. The molecule has 0 aliphatic heterocycles. The number of Topliss-reactive ketones (excluding diaryl/α,β-unsaturated/α-hetero) is 2. The van der Waals surface area contributed by atoms with Crippen LogP contribution in [0.25, 0.3) is 0 Å². The quantitative estimate of drug-likeness (QED) is 0.735. The molecule has 5 nitrogen and oxygen atoms in total. The van der Waals surface area contributed by atoms with Gasteiger partial charge in [-0.05, 0) is 55.4 Å². The highest BCUT2D eigenvalue weighted by Crippen LogP contribution is 2.66. The second-order valence-corrected chi connectivity index (χ2v) is 10.5. The van der Waals surface area contributed by atoms with Gasteiger partial charge in [0.15, 0.2) is 11.6 Å². The Morgan fingerprint density at radius 3 is 2.22 bits per heavy atom. The zero-order valence-corrected chi connectivity index (χ0v) is 19.0. The molecular formula is C27H34O5. The molecule has 2 N–H and O–H groups in total. The summed E-state index contributed by atoms with van der Waals surface area (Å²) in [7, 11) is 0. The lowest BCUT2D eigenvalue weighted by Crippen LogP contribution is -2.60. The average molecular weight is 439 g/mol. The fourth-order valence-corrected chi connectivity index (χ4v) is 7.36. The first-order valence-corrected chi connectivity index (χ1v) is 11.8. The molecule has 32 heavy (non-hydrogen) atoms. The summed E-state index contributed by atoms with van der Waals surface area (Å²) < 4.78 is 0. The number of fused-ring (bicyclic) bond motifs is 5. The second-order valence-electron chi connectivity index (χ2n) is 10.5. The first-order valence-electron chi connectivity index (χ1n) is 11.8. The summed E-state index contributed by atoms with van der Waals surface area (Å²) >= 11 is 0. The molecule has 5 heteroatoms. The predicted octanol–water partition coefficient (Wildman–Crippen LogP) is 3.68. The van der Waals surface area contributed by atoms with E-state index in [9.17, 15) is 24.6 Å². The van der Waals surface area contributed by atoms with Gasteiger partial charge in [-0.1, -0.05) is 55.8 Å². The number of rotatable bonds is 2. The number of hydrogen-bond donors (Lipinski definition) is 2. The van der Waals surface area contributed by atoms with Gasteiger partial charge in [0.2, 0.25) is 0 Å². The molecule has 1 aromatic rings. The van der Waals surface area contributed by atoms with Crippen molar-refractivity contribution in [3.63, 3.8) is 0 Å². The maximum atomic E-state index is 13.3. The maximum absolute atomic E-state index is 13.3. The monoisotopic (exact) mass is 438 g/mol. The summed E-state index contributed by atoms with van der Waals surface area (Å²) in [4.78, 5) is 37.5. The van der Waals surface area contributed by atoms with E-state index in [2.05, 4.69) is 6.92 Å². The van der Waals surface area contributed by atoms with E-state index in [1.807, 2.05) is 43.3 Å². The third-order valence-corrected chi connectivity index (χ3v) is 9.08. The molecule has 0 bridgehead atoms. The molecular weight excluding hydrogens is 404 g/mol. The average Bonchev–Trinajstić information content (AvgIpc) is 3.06. The van der Waals surface area contributed by atoms with Crippen molar-refractivity contribution >= 4 is 17.3 Å². The minimum absolute atomic E-state index is 0.0988. The third kappa shape index (κ3) is 3.41. The highest BCUT2D eigenvalue weighted by Gasteiger charge is 2.68. The van der Waals surface area contributed by atoms with Crippen molar-refractivity contribution in [2.75, 3.05) is 6.61 Å². The van der Waals surface area contributed by atoms with Crippen molar-refractivity contribution in [3.8, 4) is 0 Å². The van der Waals surface area contributed by atoms with Crippen molar-refractivity contribution in [2.24, 2.45) is 28.6 Å². The molecule has 3 fully saturated rings. The Kier molecular flexibility index (Phi) is 6.01. The Morgan fingerprint density at radius 2 is 1.62 bits per heavy atom. The van der Waals surface area contributed by atoms with Gasteiger partial charge in [-0.25, -0.2) is 0 Å². The number of benzene rings is 1. The molecule has 6 atom stereocenters. The highest BCUT2D eigenvalue weighted by molar-refractivity contribution is 5.94. The van der Waals surface area contributed by atoms with E-state index >= 15 is 0 Å². The van der Waals surface area contributed by atoms with Crippen LogP contribution < -0.4 is 0 Å². The van der Waals surface area contributed by atoms with Crippen molar-refractivity contribution in [1.82, 2.24) is 0 Å². The number of aliphatic hydroxyl groups is 2. The molecule has 5 rings (SSSR count).